The fourth-order valence-corrected chi connectivity index (χ4v) is 3.85. The van der Waals surface area contributed by atoms with Gasteiger partial charge in [-0.1, -0.05) is 24.3 Å². The van der Waals surface area contributed by atoms with Gasteiger partial charge in [-0.25, -0.2) is 4.79 Å². The molecule has 2 aliphatic rings. The Morgan fingerprint density at radius 2 is 1.95 bits per heavy atom. The van der Waals surface area contributed by atoms with Crippen LogP contribution in [0.15, 0.2) is 30.3 Å². The minimum atomic E-state index is 0. The van der Waals surface area contributed by atoms with Crippen molar-refractivity contribution in [2.24, 2.45) is 0 Å². The van der Waals surface area contributed by atoms with Crippen LogP contribution in [0.3, 0.4) is 0 Å². The summed E-state index contributed by atoms with van der Waals surface area (Å²) in [5.41, 5.74) is 3.56. The lowest BCUT2D eigenvalue weighted by molar-refractivity contribution is 0.140. The molecule has 1 saturated heterocycles. The molecule has 1 atom stereocenters. The van der Waals surface area contributed by atoms with Crippen LogP contribution < -0.4 is 0 Å². The molecule has 1 aliphatic carbocycles. The maximum Gasteiger partial charge on any atom is 0.121 e. The van der Waals surface area contributed by atoms with Gasteiger partial charge in [-0.05, 0) is 62.2 Å². The number of halogens is 1. The molecule has 1 unspecified atom stereocenters. The van der Waals surface area contributed by atoms with E-state index >= 15 is 0 Å². The van der Waals surface area contributed by atoms with Crippen LogP contribution in [0, 0.1) is 0 Å². The number of hydrogen-bond acceptors (Lipinski definition) is 2. The van der Waals surface area contributed by atoms with E-state index in [0.29, 0.717) is 5.41 Å². The largest absolute Gasteiger partial charge is 0.296 e. The van der Waals surface area contributed by atoms with Crippen LogP contribution in [0.4, 0.5) is 0 Å². The lowest BCUT2D eigenvalue weighted by atomic mass is 9.73. The molecule has 0 amide bonds. The summed E-state index contributed by atoms with van der Waals surface area (Å²) in [5.74, 6) is 1.92. The third kappa shape index (κ3) is 2.56. The van der Waals surface area contributed by atoms with E-state index in [1.165, 1.54) is 25.7 Å². The average molecular weight is 292 g/mol. The van der Waals surface area contributed by atoms with Crippen molar-refractivity contribution in [1.29, 1.82) is 0 Å². The molecule has 1 aromatic rings. The van der Waals surface area contributed by atoms with E-state index in [9.17, 15) is 4.79 Å². The molecule has 0 aromatic heterocycles. The molecule has 1 heterocycles. The molecule has 20 heavy (non-hydrogen) atoms. The number of benzene rings is 1. The lowest BCUT2D eigenvalue weighted by Gasteiger charge is -2.41. The Balaban J connectivity index is 0.00000147. The fraction of sp³-hybridized carbons (Fsp3) is 0.529. The Morgan fingerprint density at radius 1 is 1.25 bits per heavy atom. The molecule has 3 rings (SSSR count). The van der Waals surface area contributed by atoms with Crippen LogP contribution in [-0.2, 0) is 16.6 Å². The first-order valence-corrected chi connectivity index (χ1v) is 7.29. The van der Waals surface area contributed by atoms with Gasteiger partial charge >= 0.3 is 0 Å². The van der Waals surface area contributed by atoms with Crippen molar-refractivity contribution in [3.8, 4) is 0 Å². The number of nitrogens with zero attached hydrogens (tertiary/aromatic N) is 1. The molecule has 0 radical (unpaired) electrons. The van der Waals surface area contributed by atoms with Crippen molar-refractivity contribution >= 4 is 18.3 Å². The minimum Gasteiger partial charge on any atom is -0.296 e. The first kappa shape index (κ1) is 15.3. The van der Waals surface area contributed by atoms with Gasteiger partial charge in [0.2, 0.25) is 0 Å². The molecule has 1 aliphatic heterocycles. The summed E-state index contributed by atoms with van der Waals surface area (Å²) in [6.45, 7) is 4.27. The molecule has 0 N–H and O–H groups in total. The monoisotopic (exact) mass is 291 g/mol. The molecule has 0 saturated carbocycles. The van der Waals surface area contributed by atoms with Crippen molar-refractivity contribution in [3.63, 3.8) is 0 Å². The van der Waals surface area contributed by atoms with Gasteiger partial charge < -0.3 is 0 Å². The highest BCUT2D eigenvalue weighted by Crippen LogP contribution is 2.46. The number of aryl methyl sites for hydroxylation is 1. The van der Waals surface area contributed by atoms with E-state index < -0.39 is 0 Å². The second-order valence-electron chi connectivity index (χ2n) is 6.00. The van der Waals surface area contributed by atoms with E-state index in [-0.39, 0.29) is 18.4 Å². The molecule has 1 spiro atoms. The first-order chi connectivity index (χ1) is 9.25. The number of rotatable bonds is 2. The summed E-state index contributed by atoms with van der Waals surface area (Å²) >= 11 is 0. The predicted molar refractivity (Wildman–Crippen MR) is 84.2 cm³/mol. The molecule has 1 fully saturated rings. The van der Waals surface area contributed by atoms with Gasteiger partial charge in [0.1, 0.15) is 5.94 Å². The van der Waals surface area contributed by atoms with Crippen molar-refractivity contribution in [3.05, 3.63) is 41.5 Å². The Morgan fingerprint density at radius 3 is 2.65 bits per heavy atom. The van der Waals surface area contributed by atoms with E-state index in [1.54, 1.807) is 17.2 Å². The van der Waals surface area contributed by atoms with Gasteiger partial charge in [-0.15, -0.1) is 12.4 Å². The third-order valence-electron chi connectivity index (χ3n) is 5.10. The molecule has 3 heteroatoms. The van der Waals surface area contributed by atoms with Crippen LogP contribution in [0.25, 0.3) is 0 Å². The maximum absolute atomic E-state index is 10.5. The minimum absolute atomic E-state index is 0. The predicted octanol–water partition coefficient (Wildman–Crippen LogP) is 3.16. The second kappa shape index (κ2) is 6.13. The quantitative estimate of drug-likeness (QED) is 0.780. The maximum atomic E-state index is 10.5. The second-order valence-corrected chi connectivity index (χ2v) is 6.00. The molecular weight excluding hydrogens is 270 g/mol. The smallest absolute Gasteiger partial charge is 0.121 e. The number of piperidine rings is 1. The highest BCUT2D eigenvalue weighted by molar-refractivity contribution is 5.85. The Bertz CT molecular complexity index is 513. The standard InChI is InChI=1S/C17H21NO.ClH/c1-14(7-13-19)18-11-9-17(10-12-18)8-6-15-4-2-3-5-16(15)17;/h2-5,7,14H,6,8-12H2,1H3;1H. The summed E-state index contributed by atoms with van der Waals surface area (Å²) in [6, 6.07) is 9.17. The summed E-state index contributed by atoms with van der Waals surface area (Å²) in [4.78, 5) is 12.9. The zero-order valence-electron chi connectivity index (χ0n) is 12.0. The molecule has 1 aromatic carbocycles. The van der Waals surface area contributed by atoms with E-state index in [4.69, 9.17) is 0 Å². The van der Waals surface area contributed by atoms with Gasteiger partial charge in [0.05, 0.1) is 0 Å². The number of fused-ring (bicyclic) bond motifs is 2. The Hall–Kier alpha value is -1.08. The number of hydrogen-bond donors (Lipinski definition) is 0. The van der Waals surface area contributed by atoms with E-state index in [1.807, 2.05) is 5.94 Å². The van der Waals surface area contributed by atoms with Crippen LogP contribution in [0.5, 0.6) is 0 Å². The van der Waals surface area contributed by atoms with Gasteiger partial charge in [0.25, 0.3) is 0 Å². The number of likely N-dealkylation sites (tertiary alicyclic amines) is 1. The topological polar surface area (TPSA) is 20.3 Å². The van der Waals surface area contributed by atoms with E-state index in [2.05, 4.69) is 36.1 Å². The highest BCUT2D eigenvalue weighted by Gasteiger charge is 2.41. The van der Waals surface area contributed by atoms with Gasteiger partial charge in [0.15, 0.2) is 0 Å². The van der Waals surface area contributed by atoms with Crippen LogP contribution >= 0.6 is 12.4 Å². The lowest BCUT2D eigenvalue weighted by Crippen LogP contribution is -2.44. The summed E-state index contributed by atoms with van der Waals surface area (Å²) < 4.78 is 0. The summed E-state index contributed by atoms with van der Waals surface area (Å²) in [6.07, 6.45) is 6.63. The number of carbonyl (C=O) groups excluding carboxylic acids is 1. The summed E-state index contributed by atoms with van der Waals surface area (Å²) in [7, 11) is 0. The van der Waals surface area contributed by atoms with Crippen molar-refractivity contribution < 1.29 is 4.79 Å². The van der Waals surface area contributed by atoms with Crippen LogP contribution in [0.1, 0.15) is 37.3 Å². The van der Waals surface area contributed by atoms with E-state index in [0.717, 1.165) is 13.1 Å². The molecule has 0 bridgehead atoms. The third-order valence-corrected chi connectivity index (χ3v) is 5.10. The van der Waals surface area contributed by atoms with Crippen LogP contribution in [-0.4, -0.2) is 30.0 Å². The molecule has 108 valence electrons. The normalized spacial score (nSPS) is 21.6. The van der Waals surface area contributed by atoms with Crippen LogP contribution in [0.2, 0.25) is 0 Å². The Kier molecular flexibility index (Phi) is 4.70. The first-order valence-electron chi connectivity index (χ1n) is 7.29. The molecule has 2 nitrogen and oxygen atoms in total. The van der Waals surface area contributed by atoms with Gasteiger partial charge in [-0.2, -0.15) is 0 Å². The van der Waals surface area contributed by atoms with Gasteiger partial charge in [-0.3, -0.25) is 4.90 Å². The van der Waals surface area contributed by atoms with Crippen molar-refractivity contribution in [2.45, 2.75) is 44.1 Å². The van der Waals surface area contributed by atoms with Crippen molar-refractivity contribution in [1.82, 2.24) is 4.90 Å². The van der Waals surface area contributed by atoms with Crippen molar-refractivity contribution in [2.75, 3.05) is 13.1 Å². The zero-order chi connectivity index (χ0) is 13.3. The zero-order valence-corrected chi connectivity index (χ0v) is 12.8. The summed E-state index contributed by atoms with van der Waals surface area (Å²) in [5, 5.41) is 0. The molecular formula is C17H22ClNO. The SMILES string of the molecule is CC(C=C=O)N1CCC2(CCc3ccccc32)CC1.Cl. The average Bonchev–Trinajstić information content (AvgIpc) is 2.80. The highest BCUT2D eigenvalue weighted by atomic mass is 35.5. The van der Waals surface area contributed by atoms with Gasteiger partial charge in [0, 0.05) is 12.1 Å². The fourth-order valence-electron chi connectivity index (χ4n) is 3.85. The Labute approximate surface area is 127 Å².